The van der Waals surface area contributed by atoms with Crippen molar-refractivity contribution in [2.24, 2.45) is 0 Å². The van der Waals surface area contributed by atoms with Crippen molar-refractivity contribution in [3.05, 3.63) is 5.28 Å². The van der Waals surface area contributed by atoms with Crippen molar-refractivity contribution in [3.63, 3.8) is 0 Å². The van der Waals surface area contributed by atoms with E-state index in [1.807, 2.05) is 0 Å². The summed E-state index contributed by atoms with van der Waals surface area (Å²) in [6.45, 7) is 6.95. The maximum Gasteiger partial charge on any atom is 0.231 e. The quantitative estimate of drug-likeness (QED) is 0.925. The van der Waals surface area contributed by atoms with Crippen LogP contribution in [0.1, 0.15) is 39.5 Å². The smallest absolute Gasteiger partial charge is 0.231 e. The van der Waals surface area contributed by atoms with E-state index < -0.39 is 0 Å². The van der Waals surface area contributed by atoms with Gasteiger partial charge in [0, 0.05) is 25.7 Å². The molecule has 2 aliphatic heterocycles. The molecule has 21 heavy (non-hydrogen) atoms. The standard InChI is InChI=1S/C14H22ClN5O/c1-14(2)9-10(5-8-21-14)16-12-17-11(15)18-13(19-12)20-6-3-4-7-20/h10H,3-9H2,1-2H3,(H,16,17,18,19). The highest BCUT2D eigenvalue weighted by molar-refractivity contribution is 6.28. The molecular weight excluding hydrogens is 290 g/mol. The van der Waals surface area contributed by atoms with Crippen molar-refractivity contribution >= 4 is 23.5 Å². The molecule has 2 aliphatic rings. The van der Waals surface area contributed by atoms with Crippen LogP contribution in [0, 0.1) is 0 Å². The Labute approximate surface area is 130 Å². The number of ether oxygens (including phenoxy) is 1. The van der Waals surface area contributed by atoms with E-state index in [0.717, 1.165) is 32.5 Å². The van der Waals surface area contributed by atoms with Gasteiger partial charge >= 0.3 is 0 Å². The third-order valence-electron chi connectivity index (χ3n) is 4.02. The van der Waals surface area contributed by atoms with Crippen molar-refractivity contribution < 1.29 is 4.74 Å². The van der Waals surface area contributed by atoms with Crippen molar-refractivity contribution in [2.75, 3.05) is 29.9 Å². The molecule has 116 valence electrons. The summed E-state index contributed by atoms with van der Waals surface area (Å²) in [6, 6.07) is 0.304. The first-order valence-electron chi connectivity index (χ1n) is 7.59. The summed E-state index contributed by atoms with van der Waals surface area (Å²) in [6.07, 6.45) is 4.24. The molecule has 0 bridgehead atoms. The fourth-order valence-electron chi connectivity index (χ4n) is 3.00. The third-order valence-corrected chi connectivity index (χ3v) is 4.18. The zero-order valence-corrected chi connectivity index (χ0v) is 13.4. The Morgan fingerprint density at radius 1 is 1.24 bits per heavy atom. The summed E-state index contributed by atoms with van der Waals surface area (Å²) < 4.78 is 5.73. The number of nitrogens with zero attached hydrogens (tertiary/aromatic N) is 4. The molecule has 1 unspecified atom stereocenters. The summed E-state index contributed by atoms with van der Waals surface area (Å²) in [4.78, 5) is 15.1. The highest BCUT2D eigenvalue weighted by Crippen LogP contribution is 2.26. The Morgan fingerprint density at radius 2 is 2.00 bits per heavy atom. The fourth-order valence-corrected chi connectivity index (χ4v) is 3.16. The molecule has 2 fully saturated rings. The topological polar surface area (TPSA) is 63.2 Å². The van der Waals surface area contributed by atoms with Gasteiger partial charge in [-0.15, -0.1) is 0 Å². The normalized spacial score (nSPS) is 25.1. The van der Waals surface area contributed by atoms with Crippen LogP contribution in [0.15, 0.2) is 0 Å². The van der Waals surface area contributed by atoms with E-state index in [2.05, 4.69) is 39.0 Å². The molecule has 1 aromatic rings. The van der Waals surface area contributed by atoms with Gasteiger partial charge in [0.25, 0.3) is 0 Å². The summed E-state index contributed by atoms with van der Waals surface area (Å²) in [5.74, 6) is 1.25. The Balaban J connectivity index is 1.72. The molecule has 0 amide bonds. The number of nitrogens with one attached hydrogen (secondary N) is 1. The van der Waals surface area contributed by atoms with Crippen molar-refractivity contribution in [1.82, 2.24) is 15.0 Å². The van der Waals surface area contributed by atoms with Crippen LogP contribution in [0.4, 0.5) is 11.9 Å². The minimum Gasteiger partial charge on any atom is -0.375 e. The molecule has 0 aliphatic carbocycles. The van der Waals surface area contributed by atoms with Gasteiger partial charge in [0.15, 0.2) is 0 Å². The van der Waals surface area contributed by atoms with Crippen LogP contribution in [0.3, 0.4) is 0 Å². The van der Waals surface area contributed by atoms with Crippen molar-refractivity contribution in [1.29, 1.82) is 0 Å². The van der Waals surface area contributed by atoms with Gasteiger partial charge in [0.2, 0.25) is 17.2 Å². The van der Waals surface area contributed by atoms with Crippen LogP contribution in [-0.4, -0.2) is 46.3 Å². The second-order valence-electron chi connectivity index (χ2n) is 6.36. The second kappa shape index (κ2) is 5.93. The Hall–Kier alpha value is -1.14. The minimum absolute atomic E-state index is 0.107. The first kappa shape index (κ1) is 14.8. The van der Waals surface area contributed by atoms with E-state index >= 15 is 0 Å². The second-order valence-corrected chi connectivity index (χ2v) is 6.70. The molecule has 0 aromatic carbocycles. The predicted molar refractivity (Wildman–Crippen MR) is 83.0 cm³/mol. The zero-order chi connectivity index (χ0) is 14.9. The Kier molecular flexibility index (Phi) is 4.17. The van der Waals surface area contributed by atoms with E-state index in [9.17, 15) is 0 Å². The summed E-state index contributed by atoms with van der Waals surface area (Å²) in [5.41, 5.74) is -0.107. The number of rotatable bonds is 3. The number of hydrogen-bond acceptors (Lipinski definition) is 6. The lowest BCUT2D eigenvalue weighted by Crippen LogP contribution is -2.40. The molecule has 6 nitrogen and oxygen atoms in total. The average Bonchev–Trinajstić information content (AvgIpc) is 2.90. The van der Waals surface area contributed by atoms with E-state index in [4.69, 9.17) is 16.3 Å². The fraction of sp³-hybridized carbons (Fsp3) is 0.786. The predicted octanol–water partition coefficient (Wildman–Crippen LogP) is 2.49. The van der Waals surface area contributed by atoms with Crippen LogP contribution >= 0.6 is 11.6 Å². The molecule has 1 aromatic heterocycles. The molecule has 1 atom stereocenters. The summed E-state index contributed by atoms with van der Waals surface area (Å²) in [5, 5.41) is 3.64. The van der Waals surface area contributed by atoms with E-state index in [1.54, 1.807) is 0 Å². The van der Waals surface area contributed by atoms with E-state index in [-0.39, 0.29) is 10.9 Å². The monoisotopic (exact) mass is 311 g/mol. The first-order valence-corrected chi connectivity index (χ1v) is 7.97. The van der Waals surface area contributed by atoms with Crippen molar-refractivity contribution in [3.8, 4) is 0 Å². The molecule has 3 heterocycles. The van der Waals surface area contributed by atoms with Gasteiger partial charge in [-0.25, -0.2) is 0 Å². The Bertz CT molecular complexity index is 504. The van der Waals surface area contributed by atoms with Gasteiger partial charge in [0.05, 0.1) is 5.60 Å². The molecule has 0 radical (unpaired) electrons. The molecular formula is C14H22ClN5O. The van der Waals surface area contributed by atoms with E-state index in [1.165, 1.54) is 12.8 Å². The molecule has 2 saturated heterocycles. The van der Waals surface area contributed by atoms with Crippen LogP contribution in [0.25, 0.3) is 0 Å². The van der Waals surface area contributed by atoms with E-state index in [0.29, 0.717) is 17.9 Å². The largest absolute Gasteiger partial charge is 0.375 e. The first-order chi connectivity index (χ1) is 10.0. The van der Waals surface area contributed by atoms with Crippen LogP contribution in [-0.2, 0) is 4.74 Å². The lowest BCUT2D eigenvalue weighted by Gasteiger charge is -2.35. The van der Waals surface area contributed by atoms with Gasteiger partial charge in [-0.3, -0.25) is 0 Å². The molecule has 3 rings (SSSR count). The lowest BCUT2D eigenvalue weighted by atomic mass is 9.94. The number of halogens is 1. The average molecular weight is 312 g/mol. The SMILES string of the molecule is CC1(C)CC(Nc2nc(Cl)nc(N3CCCC3)n2)CCO1. The third kappa shape index (κ3) is 3.74. The maximum absolute atomic E-state index is 6.05. The Morgan fingerprint density at radius 3 is 2.71 bits per heavy atom. The highest BCUT2D eigenvalue weighted by Gasteiger charge is 2.29. The lowest BCUT2D eigenvalue weighted by molar-refractivity contribution is -0.0553. The van der Waals surface area contributed by atoms with Gasteiger partial charge in [0.1, 0.15) is 0 Å². The zero-order valence-electron chi connectivity index (χ0n) is 12.6. The number of hydrogen-bond donors (Lipinski definition) is 1. The number of aromatic nitrogens is 3. The maximum atomic E-state index is 6.05. The van der Waals surface area contributed by atoms with Gasteiger partial charge < -0.3 is 15.0 Å². The summed E-state index contributed by atoms with van der Waals surface area (Å²) in [7, 11) is 0. The van der Waals surface area contributed by atoms with Gasteiger partial charge in [-0.2, -0.15) is 15.0 Å². The van der Waals surface area contributed by atoms with Crippen LogP contribution < -0.4 is 10.2 Å². The summed E-state index contributed by atoms with van der Waals surface area (Å²) >= 11 is 6.05. The molecule has 0 saturated carbocycles. The minimum atomic E-state index is -0.107. The molecule has 1 N–H and O–H groups in total. The molecule has 0 spiro atoms. The number of anilines is 2. The molecule has 7 heteroatoms. The van der Waals surface area contributed by atoms with Crippen LogP contribution in [0.2, 0.25) is 5.28 Å². The highest BCUT2D eigenvalue weighted by atomic mass is 35.5. The van der Waals surface area contributed by atoms with Gasteiger partial charge in [-0.05, 0) is 51.1 Å². The van der Waals surface area contributed by atoms with Gasteiger partial charge in [-0.1, -0.05) is 0 Å². The van der Waals surface area contributed by atoms with Crippen molar-refractivity contribution in [2.45, 2.75) is 51.2 Å². The van der Waals surface area contributed by atoms with Crippen LogP contribution in [0.5, 0.6) is 0 Å².